The van der Waals surface area contributed by atoms with Crippen LogP contribution in [-0.2, 0) is 0 Å². The molecule has 0 aliphatic heterocycles. The number of nitrogens with zero attached hydrogens (tertiary/aromatic N) is 2. The second-order valence-corrected chi connectivity index (χ2v) is 4.31. The Morgan fingerprint density at radius 2 is 2.11 bits per heavy atom. The third kappa shape index (κ3) is 1.95. The van der Waals surface area contributed by atoms with E-state index in [1.165, 1.54) is 0 Å². The monoisotopic (exact) mass is 253 g/mol. The summed E-state index contributed by atoms with van der Waals surface area (Å²) >= 11 is 0. The van der Waals surface area contributed by atoms with E-state index >= 15 is 0 Å². The molecule has 2 N–H and O–H groups in total. The highest BCUT2D eigenvalue weighted by atomic mass is 16.4. The van der Waals surface area contributed by atoms with Crippen LogP contribution in [0.2, 0.25) is 0 Å². The maximum Gasteiger partial charge on any atom is 0.374 e. The van der Waals surface area contributed by atoms with Crippen molar-refractivity contribution in [2.45, 2.75) is 6.92 Å². The average Bonchev–Trinajstić information content (AvgIpc) is 2.85. The number of hydrogen-bond donors (Lipinski definition) is 2. The molecule has 19 heavy (non-hydrogen) atoms. The second-order valence-electron chi connectivity index (χ2n) is 4.31. The molecule has 0 saturated carbocycles. The van der Waals surface area contributed by atoms with Crippen molar-refractivity contribution < 1.29 is 9.90 Å². The number of carboxylic acid groups (broad SMARTS) is 1. The van der Waals surface area contributed by atoms with Crippen molar-refractivity contribution in [1.82, 2.24) is 15.0 Å². The van der Waals surface area contributed by atoms with E-state index in [1.807, 2.05) is 37.3 Å². The highest BCUT2D eigenvalue weighted by molar-refractivity contribution is 5.94. The number of nitrogens with one attached hydrogen (secondary N) is 1. The van der Waals surface area contributed by atoms with Crippen LogP contribution in [0.5, 0.6) is 0 Å². The lowest BCUT2D eigenvalue weighted by Crippen LogP contribution is -2.05. The van der Waals surface area contributed by atoms with E-state index in [1.54, 1.807) is 6.20 Å². The largest absolute Gasteiger partial charge is 0.475 e. The van der Waals surface area contributed by atoms with Gasteiger partial charge in [0.25, 0.3) is 0 Å². The van der Waals surface area contributed by atoms with Gasteiger partial charge < -0.3 is 10.1 Å². The molecule has 1 aromatic carbocycles. The van der Waals surface area contributed by atoms with Gasteiger partial charge in [-0.3, -0.25) is 0 Å². The van der Waals surface area contributed by atoms with Crippen LogP contribution in [-0.4, -0.2) is 26.0 Å². The SMILES string of the molecule is Cc1cccc(-c2nc(C(=O)O)nc3[nH]ccc23)c1. The summed E-state index contributed by atoms with van der Waals surface area (Å²) in [6.07, 6.45) is 1.73. The summed E-state index contributed by atoms with van der Waals surface area (Å²) in [5.41, 5.74) is 3.14. The molecule has 0 amide bonds. The zero-order valence-corrected chi connectivity index (χ0v) is 10.2. The average molecular weight is 253 g/mol. The normalized spacial score (nSPS) is 10.8. The highest BCUT2D eigenvalue weighted by Gasteiger charge is 2.14. The van der Waals surface area contributed by atoms with E-state index in [2.05, 4.69) is 15.0 Å². The van der Waals surface area contributed by atoms with Crippen LogP contribution in [0, 0.1) is 6.92 Å². The minimum absolute atomic E-state index is 0.202. The van der Waals surface area contributed by atoms with Crippen molar-refractivity contribution >= 4 is 17.0 Å². The number of fused-ring (bicyclic) bond motifs is 1. The summed E-state index contributed by atoms with van der Waals surface area (Å²) in [6, 6.07) is 9.63. The van der Waals surface area contributed by atoms with E-state index in [-0.39, 0.29) is 5.82 Å². The Labute approximate surface area is 109 Å². The Balaban J connectivity index is 2.32. The van der Waals surface area contributed by atoms with E-state index in [0.717, 1.165) is 16.5 Å². The Bertz CT molecular complexity index is 777. The van der Waals surface area contributed by atoms with Gasteiger partial charge >= 0.3 is 5.97 Å². The van der Waals surface area contributed by atoms with Gasteiger partial charge in [0.15, 0.2) is 0 Å². The van der Waals surface area contributed by atoms with Crippen molar-refractivity contribution in [3.05, 3.63) is 47.9 Å². The summed E-state index contributed by atoms with van der Waals surface area (Å²) in [4.78, 5) is 22.1. The fraction of sp³-hybridized carbons (Fsp3) is 0.0714. The summed E-state index contributed by atoms with van der Waals surface area (Å²) in [5.74, 6) is -1.34. The Morgan fingerprint density at radius 1 is 1.26 bits per heavy atom. The Kier molecular flexibility index (Phi) is 2.52. The molecule has 0 saturated heterocycles. The van der Waals surface area contributed by atoms with Gasteiger partial charge in [0, 0.05) is 17.1 Å². The first kappa shape index (κ1) is 11.4. The number of carboxylic acids is 1. The number of hydrogen-bond acceptors (Lipinski definition) is 3. The molecule has 0 spiro atoms. The van der Waals surface area contributed by atoms with Crippen molar-refractivity contribution in [3.63, 3.8) is 0 Å². The first-order valence-electron chi connectivity index (χ1n) is 5.80. The van der Waals surface area contributed by atoms with E-state index in [4.69, 9.17) is 5.11 Å². The molecule has 5 nitrogen and oxygen atoms in total. The van der Waals surface area contributed by atoms with E-state index in [0.29, 0.717) is 11.3 Å². The second kappa shape index (κ2) is 4.20. The molecule has 0 fully saturated rings. The van der Waals surface area contributed by atoms with Crippen LogP contribution >= 0.6 is 0 Å². The predicted octanol–water partition coefficient (Wildman–Crippen LogP) is 2.63. The maximum absolute atomic E-state index is 11.1. The lowest BCUT2D eigenvalue weighted by Gasteiger charge is -2.05. The lowest BCUT2D eigenvalue weighted by atomic mass is 10.1. The number of aromatic carboxylic acids is 1. The molecule has 2 aromatic heterocycles. The van der Waals surface area contributed by atoms with Crippen LogP contribution in [0.25, 0.3) is 22.3 Å². The zero-order chi connectivity index (χ0) is 13.4. The number of aryl methyl sites for hydroxylation is 1. The molecule has 0 aliphatic carbocycles. The molecule has 0 unspecified atom stereocenters. The minimum Gasteiger partial charge on any atom is -0.475 e. The van der Waals surface area contributed by atoms with Crippen LogP contribution in [0.4, 0.5) is 0 Å². The summed E-state index contributed by atoms with van der Waals surface area (Å²) in [6.45, 7) is 1.98. The number of H-pyrrole nitrogens is 1. The number of aromatic nitrogens is 3. The van der Waals surface area contributed by atoms with Crippen LogP contribution in [0.3, 0.4) is 0 Å². The van der Waals surface area contributed by atoms with Crippen molar-refractivity contribution in [1.29, 1.82) is 0 Å². The molecule has 94 valence electrons. The molecule has 0 atom stereocenters. The fourth-order valence-electron chi connectivity index (χ4n) is 2.05. The Hall–Kier alpha value is -2.69. The molecule has 3 rings (SSSR count). The van der Waals surface area contributed by atoms with Gasteiger partial charge in [0.05, 0.1) is 5.69 Å². The summed E-state index contributed by atoms with van der Waals surface area (Å²) < 4.78 is 0. The van der Waals surface area contributed by atoms with Crippen LogP contribution in [0.1, 0.15) is 16.2 Å². The first-order chi connectivity index (χ1) is 9.15. The van der Waals surface area contributed by atoms with Gasteiger partial charge in [-0.15, -0.1) is 0 Å². The quantitative estimate of drug-likeness (QED) is 0.735. The predicted molar refractivity (Wildman–Crippen MR) is 71.0 cm³/mol. The fourth-order valence-corrected chi connectivity index (χ4v) is 2.05. The molecule has 2 heterocycles. The van der Waals surface area contributed by atoms with Crippen molar-refractivity contribution in [2.75, 3.05) is 0 Å². The molecule has 0 radical (unpaired) electrons. The van der Waals surface area contributed by atoms with Crippen LogP contribution < -0.4 is 0 Å². The van der Waals surface area contributed by atoms with Crippen LogP contribution in [0.15, 0.2) is 36.5 Å². The molecular weight excluding hydrogens is 242 g/mol. The van der Waals surface area contributed by atoms with Gasteiger partial charge in [-0.25, -0.2) is 14.8 Å². The highest BCUT2D eigenvalue weighted by Crippen LogP contribution is 2.26. The van der Waals surface area contributed by atoms with Gasteiger partial charge in [0.2, 0.25) is 5.82 Å². The smallest absolute Gasteiger partial charge is 0.374 e. The van der Waals surface area contributed by atoms with Gasteiger partial charge in [-0.2, -0.15) is 0 Å². The summed E-state index contributed by atoms with van der Waals surface area (Å²) in [5, 5.41) is 9.88. The van der Waals surface area contributed by atoms with Gasteiger partial charge in [0.1, 0.15) is 5.65 Å². The molecule has 3 aromatic rings. The van der Waals surface area contributed by atoms with Crippen molar-refractivity contribution in [3.8, 4) is 11.3 Å². The number of rotatable bonds is 2. The van der Waals surface area contributed by atoms with Gasteiger partial charge in [-0.05, 0) is 19.1 Å². The number of aromatic amines is 1. The zero-order valence-electron chi connectivity index (χ0n) is 10.2. The lowest BCUT2D eigenvalue weighted by molar-refractivity contribution is 0.0684. The molecule has 5 heteroatoms. The summed E-state index contributed by atoms with van der Waals surface area (Å²) in [7, 11) is 0. The third-order valence-corrected chi connectivity index (χ3v) is 2.90. The first-order valence-corrected chi connectivity index (χ1v) is 5.80. The standard InChI is InChI=1S/C14H11N3O2/c1-8-3-2-4-9(7-8)11-10-5-6-15-12(10)17-13(16-11)14(18)19/h2-7H,1H3,(H,18,19)(H,15,16,17). The Morgan fingerprint density at radius 3 is 2.84 bits per heavy atom. The molecule has 0 bridgehead atoms. The van der Waals surface area contributed by atoms with E-state index in [9.17, 15) is 4.79 Å². The molecule has 0 aliphatic rings. The number of carbonyl (C=O) groups is 1. The topological polar surface area (TPSA) is 78.9 Å². The van der Waals surface area contributed by atoms with Crippen molar-refractivity contribution in [2.24, 2.45) is 0 Å². The molecular formula is C14H11N3O2. The van der Waals surface area contributed by atoms with Gasteiger partial charge in [-0.1, -0.05) is 23.8 Å². The minimum atomic E-state index is -1.13. The third-order valence-electron chi connectivity index (χ3n) is 2.90. The van der Waals surface area contributed by atoms with E-state index < -0.39 is 5.97 Å². The maximum atomic E-state index is 11.1. The number of benzene rings is 1.